The summed E-state index contributed by atoms with van der Waals surface area (Å²) in [5.41, 5.74) is 0. The summed E-state index contributed by atoms with van der Waals surface area (Å²) in [6, 6.07) is 0.260. The second-order valence-electron chi connectivity index (χ2n) is 5.18. The van der Waals surface area contributed by atoms with Crippen molar-refractivity contribution in [3.8, 4) is 0 Å². The molecule has 0 saturated carbocycles. The summed E-state index contributed by atoms with van der Waals surface area (Å²) in [6.45, 7) is 6.47. The van der Waals surface area contributed by atoms with E-state index >= 15 is 0 Å². The smallest absolute Gasteiger partial charge is 0.246 e. The van der Waals surface area contributed by atoms with Gasteiger partial charge in [0.15, 0.2) is 0 Å². The van der Waals surface area contributed by atoms with Crippen molar-refractivity contribution in [3.63, 3.8) is 0 Å². The van der Waals surface area contributed by atoms with E-state index in [-0.39, 0.29) is 10.9 Å². The molecular formula is C13H23N5O2S. The molecule has 0 aromatic carbocycles. The molecule has 1 atom stereocenters. The second kappa shape index (κ2) is 6.67. The van der Waals surface area contributed by atoms with Crippen molar-refractivity contribution in [2.75, 3.05) is 38.5 Å². The van der Waals surface area contributed by atoms with E-state index in [9.17, 15) is 8.42 Å². The molecule has 1 N–H and O–H groups in total. The van der Waals surface area contributed by atoms with E-state index in [0.717, 1.165) is 13.0 Å². The molecule has 0 aliphatic carbocycles. The van der Waals surface area contributed by atoms with Gasteiger partial charge in [0.1, 0.15) is 4.90 Å². The van der Waals surface area contributed by atoms with Gasteiger partial charge in [-0.15, -0.1) is 0 Å². The number of hydrogen-bond donors (Lipinski definition) is 1. The molecule has 21 heavy (non-hydrogen) atoms. The largest absolute Gasteiger partial charge is 0.355 e. The van der Waals surface area contributed by atoms with Crippen LogP contribution in [0, 0.1) is 0 Å². The first kappa shape index (κ1) is 16.1. The molecule has 0 radical (unpaired) electrons. The van der Waals surface area contributed by atoms with Crippen LogP contribution in [-0.2, 0) is 10.0 Å². The van der Waals surface area contributed by atoms with Crippen LogP contribution in [0.2, 0.25) is 0 Å². The highest BCUT2D eigenvalue weighted by Crippen LogP contribution is 2.19. The molecule has 8 heteroatoms. The van der Waals surface area contributed by atoms with E-state index in [1.54, 1.807) is 0 Å². The third-order valence-corrected chi connectivity index (χ3v) is 5.63. The van der Waals surface area contributed by atoms with Crippen LogP contribution in [0.25, 0.3) is 0 Å². The SMILES string of the molecule is CCNc1ncc(S(=O)(=O)N2CCN(C)C(CC)C2)cn1. The molecule has 0 amide bonds. The third kappa shape index (κ3) is 3.50. The van der Waals surface area contributed by atoms with Gasteiger partial charge in [0.25, 0.3) is 0 Å². The van der Waals surface area contributed by atoms with Crippen LogP contribution >= 0.6 is 0 Å². The maximum atomic E-state index is 12.6. The maximum absolute atomic E-state index is 12.6. The number of nitrogens with one attached hydrogen (secondary N) is 1. The topological polar surface area (TPSA) is 78.4 Å². The van der Waals surface area contributed by atoms with E-state index in [0.29, 0.717) is 25.6 Å². The minimum absolute atomic E-state index is 0.156. The van der Waals surface area contributed by atoms with Gasteiger partial charge in [-0.3, -0.25) is 0 Å². The number of hydrogen-bond acceptors (Lipinski definition) is 6. The summed E-state index contributed by atoms with van der Waals surface area (Å²) in [6.07, 6.45) is 3.68. The monoisotopic (exact) mass is 313 g/mol. The molecule has 2 heterocycles. The van der Waals surface area contributed by atoms with Gasteiger partial charge in [0.05, 0.1) is 12.4 Å². The van der Waals surface area contributed by atoms with Crippen molar-refractivity contribution in [1.82, 2.24) is 19.2 Å². The molecule has 7 nitrogen and oxygen atoms in total. The summed E-state index contributed by atoms with van der Waals surface area (Å²) in [4.78, 5) is 10.5. The van der Waals surface area contributed by atoms with Crippen molar-refractivity contribution in [2.24, 2.45) is 0 Å². The Balaban J connectivity index is 2.17. The van der Waals surface area contributed by atoms with Gasteiger partial charge in [-0.25, -0.2) is 18.4 Å². The Morgan fingerprint density at radius 1 is 1.29 bits per heavy atom. The molecule has 1 aromatic rings. The Hall–Kier alpha value is -1.25. The van der Waals surface area contributed by atoms with Gasteiger partial charge in [0, 0.05) is 32.2 Å². The standard InChI is InChI=1S/C13H23N5O2S/c1-4-11-10-18(7-6-17(11)3)21(19,20)12-8-15-13(14-5-2)16-9-12/h8-9,11H,4-7,10H2,1-3H3,(H,14,15,16). The van der Waals surface area contributed by atoms with E-state index < -0.39 is 10.0 Å². The second-order valence-corrected chi connectivity index (χ2v) is 7.12. The molecule has 1 aliphatic rings. The van der Waals surface area contributed by atoms with E-state index in [2.05, 4.69) is 27.1 Å². The van der Waals surface area contributed by atoms with Gasteiger partial charge in [-0.2, -0.15) is 4.31 Å². The number of anilines is 1. The van der Waals surface area contributed by atoms with Gasteiger partial charge < -0.3 is 10.2 Å². The fourth-order valence-corrected chi connectivity index (χ4v) is 3.78. The van der Waals surface area contributed by atoms with E-state index in [4.69, 9.17) is 0 Å². The Morgan fingerprint density at radius 2 is 1.95 bits per heavy atom. The van der Waals surface area contributed by atoms with Crippen LogP contribution in [0.15, 0.2) is 17.3 Å². The lowest BCUT2D eigenvalue weighted by Crippen LogP contribution is -2.52. The molecule has 1 saturated heterocycles. The molecule has 0 spiro atoms. The first-order valence-electron chi connectivity index (χ1n) is 7.25. The fraction of sp³-hybridized carbons (Fsp3) is 0.692. The summed E-state index contributed by atoms with van der Waals surface area (Å²) in [5.74, 6) is 0.446. The first-order chi connectivity index (χ1) is 9.98. The van der Waals surface area contributed by atoms with Gasteiger partial charge in [-0.05, 0) is 20.4 Å². The van der Waals surface area contributed by atoms with Crippen LogP contribution in [-0.4, -0.2) is 66.9 Å². The number of likely N-dealkylation sites (N-methyl/N-ethyl adjacent to an activating group) is 1. The number of piperazine rings is 1. The summed E-state index contributed by atoms with van der Waals surface area (Å²) in [7, 11) is -1.47. The minimum Gasteiger partial charge on any atom is -0.355 e. The lowest BCUT2D eigenvalue weighted by Gasteiger charge is -2.38. The van der Waals surface area contributed by atoms with Crippen LogP contribution in [0.4, 0.5) is 5.95 Å². The Bertz CT molecular complexity index is 560. The van der Waals surface area contributed by atoms with Crippen LogP contribution in [0.3, 0.4) is 0 Å². The third-order valence-electron chi connectivity index (χ3n) is 3.81. The Kier molecular flexibility index (Phi) is 5.13. The number of aromatic nitrogens is 2. The lowest BCUT2D eigenvalue weighted by atomic mass is 10.1. The van der Waals surface area contributed by atoms with Crippen molar-refractivity contribution < 1.29 is 8.42 Å². The summed E-state index contributed by atoms with van der Waals surface area (Å²) < 4.78 is 26.8. The van der Waals surface area contributed by atoms with Gasteiger partial charge in [-0.1, -0.05) is 6.92 Å². The average molecular weight is 313 g/mol. The Morgan fingerprint density at radius 3 is 2.52 bits per heavy atom. The molecule has 1 aromatic heterocycles. The quantitative estimate of drug-likeness (QED) is 0.859. The van der Waals surface area contributed by atoms with E-state index in [1.807, 2.05) is 14.0 Å². The molecule has 118 valence electrons. The van der Waals surface area contributed by atoms with E-state index in [1.165, 1.54) is 16.7 Å². The predicted octanol–water partition coefficient (Wildman–Crippen LogP) is 0.623. The highest BCUT2D eigenvalue weighted by molar-refractivity contribution is 7.89. The zero-order chi connectivity index (χ0) is 15.5. The average Bonchev–Trinajstić information content (AvgIpc) is 2.48. The van der Waals surface area contributed by atoms with Crippen LogP contribution in [0.1, 0.15) is 20.3 Å². The van der Waals surface area contributed by atoms with Crippen LogP contribution < -0.4 is 5.32 Å². The molecule has 2 rings (SSSR count). The summed E-state index contributed by atoms with van der Waals surface area (Å²) in [5, 5.41) is 2.95. The predicted molar refractivity (Wildman–Crippen MR) is 81.7 cm³/mol. The first-order valence-corrected chi connectivity index (χ1v) is 8.69. The highest BCUT2D eigenvalue weighted by atomic mass is 32.2. The Labute approximate surface area is 126 Å². The highest BCUT2D eigenvalue weighted by Gasteiger charge is 2.32. The fourth-order valence-electron chi connectivity index (χ4n) is 2.42. The molecule has 0 bridgehead atoms. The van der Waals surface area contributed by atoms with Gasteiger partial charge in [0.2, 0.25) is 16.0 Å². The maximum Gasteiger partial charge on any atom is 0.246 e. The lowest BCUT2D eigenvalue weighted by molar-refractivity contribution is 0.144. The molecular weight excluding hydrogens is 290 g/mol. The van der Waals surface area contributed by atoms with Crippen molar-refractivity contribution in [1.29, 1.82) is 0 Å². The van der Waals surface area contributed by atoms with Crippen molar-refractivity contribution >= 4 is 16.0 Å². The summed E-state index contributed by atoms with van der Waals surface area (Å²) >= 11 is 0. The van der Waals surface area contributed by atoms with Gasteiger partial charge >= 0.3 is 0 Å². The normalized spacial score (nSPS) is 21.4. The zero-order valence-electron chi connectivity index (χ0n) is 12.8. The molecule has 1 aliphatic heterocycles. The van der Waals surface area contributed by atoms with Crippen molar-refractivity contribution in [3.05, 3.63) is 12.4 Å². The minimum atomic E-state index is -3.51. The molecule has 1 fully saturated rings. The number of rotatable bonds is 5. The zero-order valence-corrected chi connectivity index (χ0v) is 13.6. The number of sulfonamides is 1. The number of nitrogens with zero attached hydrogens (tertiary/aromatic N) is 4. The van der Waals surface area contributed by atoms with Crippen molar-refractivity contribution in [2.45, 2.75) is 31.2 Å². The van der Waals surface area contributed by atoms with Crippen LogP contribution in [0.5, 0.6) is 0 Å². The molecule has 1 unspecified atom stereocenters.